The Balaban J connectivity index is 2.70. The van der Waals surface area contributed by atoms with Crippen LogP contribution in [0.3, 0.4) is 0 Å². The van der Waals surface area contributed by atoms with Crippen LogP contribution in [-0.2, 0) is 9.53 Å². The molecule has 0 saturated heterocycles. The summed E-state index contributed by atoms with van der Waals surface area (Å²) in [4.78, 5) is 11.7. The van der Waals surface area contributed by atoms with E-state index in [2.05, 4.69) is 4.74 Å². The van der Waals surface area contributed by atoms with Gasteiger partial charge in [-0.15, -0.1) is 11.8 Å². The van der Waals surface area contributed by atoms with Crippen LogP contribution in [0.4, 0.5) is 4.39 Å². The lowest BCUT2D eigenvalue weighted by atomic mass is 10.1. The molecule has 1 rings (SSSR count). The number of carbonyl (C=O) groups is 1. The van der Waals surface area contributed by atoms with Gasteiger partial charge < -0.3 is 10.5 Å². The van der Waals surface area contributed by atoms with Crippen LogP contribution >= 0.6 is 11.8 Å². The Kier molecular flexibility index (Phi) is 5.44. The molecule has 3 nitrogen and oxygen atoms in total. The maximum Gasteiger partial charge on any atom is 0.306 e. The molecule has 0 radical (unpaired) electrons. The van der Waals surface area contributed by atoms with Gasteiger partial charge in [-0.1, -0.05) is 6.07 Å². The number of nitrogens with two attached hydrogens (primary N) is 1. The SMILES string of the molecule is COC(=O)CCSc1cccc(F)c1[C@@H](C)N. The third-order valence-electron chi connectivity index (χ3n) is 2.26. The summed E-state index contributed by atoms with van der Waals surface area (Å²) in [5, 5.41) is 0. The second kappa shape index (κ2) is 6.61. The minimum atomic E-state index is -0.364. The van der Waals surface area contributed by atoms with E-state index in [0.717, 1.165) is 4.90 Å². The van der Waals surface area contributed by atoms with Gasteiger partial charge in [0.15, 0.2) is 0 Å². The highest BCUT2D eigenvalue weighted by molar-refractivity contribution is 7.99. The molecule has 1 aromatic carbocycles. The number of benzene rings is 1. The number of methoxy groups -OCH3 is 1. The van der Waals surface area contributed by atoms with E-state index < -0.39 is 0 Å². The highest BCUT2D eigenvalue weighted by Crippen LogP contribution is 2.29. The predicted molar refractivity (Wildman–Crippen MR) is 66.4 cm³/mol. The zero-order valence-electron chi connectivity index (χ0n) is 9.90. The topological polar surface area (TPSA) is 52.3 Å². The average Bonchev–Trinajstić information content (AvgIpc) is 2.28. The standard InChI is InChI=1S/C12H16FNO2S/c1-8(14)12-9(13)4-3-5-10(12)17-7-6-11(15)16-2/h3-5,8H,6-7,14H2,1-2H3/t8-/m1/s1. The molecule has 0 aliphatic heterocycles. The Morgan fingerprint density at radius 3 is 2.88 bits per heavy atom. The third-order valence-corrected chi connectivity index (χ3v) is 3.33. The number of hydrogen-bond acceptors (Lipinski definition) is 4. The van der Waals surface area contributed by atoms with E-state index in [0.29, 0.717) is 17.7 Å². The number of rotatable bonds is 5. The number of ether oxygens (including phenoxy) is 1. The van der Waals surface area contributed by atoms with E-state index in [1.807, 2.05) is 6.07 Å². The lowest BCUT2D eigenvalue weighted by Gasteiger charge is -2.12. The molecule has 94 valence electrons. The first-order valence-electron chi connectivity index (χ1n) is 5.30. The van der Waals surface area contributed by atoms with Crippen molar-refractivity contribution >= 4 is 17.7 Å². The van der Waals surface area contributed by atoms with Gasteiger partial charge in [-0.3, -0.25) is 4.79 Å². The Bertz CT molecular complexity index is 396. The van der Waals surface area contributed by atoms with Crippen LogP contribution in [0, 0.1) is 5.82 Å². The van der Waals surface area contributed by atoms with Gasteiger partial charge in [-0.2, -0.15) is 0 Å². The molecule has 2 N–H and O–H groups in total. The molecule has 0 heterocycles. The van der Waals surface area contributed by atoms with Gasteiger partial charge in [0.25, 0.3) is 0 Å². The summed E-state index contributed by atoms with van der Waals surface area (Å²) in [5.74, 6) is -0.0186. The lowest BCUT2D eigenvalue weighted by Crippen LogP contribution is -2.09. The van der Waals surface area contributed by atoms with Crippen molar-refractivity contribution in [2.24, 2.45) is 5.73 Å². The summed E-state index contributed by atoms with van der Waals surface area (Å²) in [5.41, 5.74) is 6.23. The van der Waals surface area contributed by atoms with E-state index in [1.165, 1.54) is 24.9 Å². The molecule has 0 bridgehead atoms. The van der Waals surface area contributed by atoms with E-state index in [4.69, 9.17) is 5.73 Å². The first-order chi connectivity index (χ1) is 8.06. The summed E-state index contributed by atoms with van der Waals surface area (Å²) in [6.07, 6.45) is 0.302. The minimum absolute atomic E-state index is 0.267. The lowest BCUT2D eigenvalue weighted by molar-refractivity contribution is -0.140. The average molecular weight is 257 g/mol. The fourth-order valence-corrected chi connectivity index (χ4v) is 2.53. The molecule has 0 aromatic heterocycles. The summed E-state index contributed by atoms with van der Waals surface area (Å²) in [6.45, 7) is 1.74. The van der Waals surface area contributed by atoms with E-state index >= 15 is 0 Å². The van der Waals surface area contributed by atoms with Crippen LogP contribution in [0.2, 0.25) is 0 Å². The number of esters is 1. The van der Waals surface area contributed by atoms with Crippen molar-refractivity contribution in [1.82, 2.24) is 0 Å². The Morgan fingerprint density at radius 2 is 2.29 bits per heavy atom. The Hall–Kier alpha value is -1.07. The summed E-state index contributed by atoms with van der Waals surface area (Å²) < 4.78 is 18.1. The molecule has 0 spiro atoms. The Morgan fingerprint density at radius 1 is 1.59 bits per heavy atom. The molecular formula is C12H16FNO2S. The van der Waals surface area contributed by atoms with Crippen molar-refractivity contribution in [2.75, 3.05) is 12.9 Å². The summed E-state index contributed by atoms with van der Waals surface area (Å²) >= 11 is 1.41. The number of halogens is 1. The maximum absolute atomic E-state index is 13.6. The van der Waals surface area contributed by atoms with E-state index in [1.54, 1.807) is 13.0 Å². The smallest absolute Gasteiger partial charge is 0.306 e. The molecule has 1 aromatic rings. The number of thioether (sulfide) groups is 1. The molecule has 0 fully saturated rings. The molecule has 0 amide bonds. The molecule has 0 aliphatic rings. The fraction of sp³-hybridized carbons (Fsp3) is 0.417. The van der Waals surface area contributed by atoms with Gasteiger partial charge in [0, 0.05) is 22.3 Å². The molecule has 1 atom stereocenters. The van der Waals surface area contributed by atoms with Crippen LogP contribution in [0.15, 0.2) is 23.1 Å². The van der Waals surface area contributed by atoms with Crippen molar-refractivity contribution in [3.05, 3.63) is 29.6 Å². The number of carbonyl (C=O) groups excluding carboxylic acids is 1. The van der Waals surface area contributed by atoms with Gasteiger partial charge >= 0.3 is 5.97 Å². The summed E-state index contributed by atoms with van der Waals surface area (Å²) in [7, 11) is 1.35. The van der Waals surface area contributed by atoms with E-state index in [-0.39, 0.29) is 17.8 Å². The fourth-order valence-electron chi connectivity index (χ4n) is 1.43. The van der Waals surface area contributed by atoms with Gasteiger partial charge in [-0.05, 0) is 19.1 Å². The van der Waals surface area contributed by atoms with Crippen LogP contribution in [-0.4, -0.2) is 18.8 Å². The normalized spacial score (nSPS) is 12.2. The van der Waals surface area contributed by atoms with Crippen LogP contribution in [0.1, 0.15) is 24.9 Å². The molecule has 5 heteroatoms. The highest BCUT2D eigenvalue weighted by Gasteiger charge is 2.13. The van der Waals surface area contributed by atoms with Gasteiger partial charge in [-0.25, -0.2) is 4.39 Å². The third kappa shape index (κ3) is 4.02. The molecular weight excluding hydrogens is 241 g/mol. The monoisotopic (exact) mass is 257 g/mol. The van der Waals surface area contributed by atoms with Gasteiger partial charge in [0.2, 0.25) is 0 Å². The predicted octanol–water partition coefficient (Wildman–Crippen LogP) is 2.50. The molecule has 0 saturated carbocycles. The van der Waals surface area contributed by atoms with Crippen LogP contribution in [0.5, 0.6) is 0 Å². The van der Waals surface area contributed by atoms with Gasteiger partial charge in [0.05, 0.1) is 13.5 Å². The quantitative estimate of drug-likeness (QED) is 0.650. The molecule has 17 heavy (non-hydrogen) atoms. The highest BCUT2D eigenvalue weighted by atomic mass is 32.2. The van der Waals surface area contributed by atoms with Crippen molar-refractivity contribution in [3.63, 3.8) is 0 Å². The van der Waals surface area contributed by atoms with Crippen molar-refractivity contribution in [2.45, 2.75) is 24.3 Å². The largest absolute Gasteiger partial charge is 0.469 e. The van der Waals surface area contributed by atoms with Crippen LogP contribution in [0.25, 0.3) is 0 Å². The van der Waals surface area contributed by atoms with E-state index in [9.17, 15) is 9.18 Å². The first-order valence-corrected chi connectivity index (χ1v) is 6.28. The van der Waals surface area contributed by atoms with Gasteiger partial charge in [0.1, 0.15) is 5.82 Å². The zero-order valence-corrected chi connectivity index (χ0v) is 10.7. The maximum atomic E-state index is 13.6. The number of hydrogen-bond donors (Lipinski definition) is 1. The minimum Gasteiger partial charge on any atom is -0.469 e. The van der Waals surface area contributed by atoms with Crippen molar-refractivity contribution < 1.29 is 13.9 Å². The Labute approximate surface area is 105 Å². The molecule has 0 unspecified atom stereocenters. The van der Waals surface area contributed by atoms with Crippen LogP contribution < -0.4 is 5.73 Å². The second-order valence-corrected chi connectivity index (χ2v) is 4.75. The first kappa shape index (κ1) is 14.0. The zero-order chi connectivity index (χ0) is 12.8. The van der Waals surface area contributed by atoms with Crippen molar-refractivity contribution in [1.29, 1.82) is 0 Å². The molecule has 0 aliphatic carbocycles. The van der Waals surface area contributed by atoms with Crippen molar-refractivity contribution in [3.8, 4) is 0 Å². The summed E-state index contributed by atoms with van der Waals surface area (Å²) in [6, 6.07) is 4.48. The second-order valence-electron chi connectivity index (χ2n) is 3.61.